The summed E-state index contributed by atoms with van der Waals surface area (Å²) in [6.45, 7) is 6.99. The molecule has 0 amide bonds. The van der Waals surface area contributed by atoms with E-state index in [4.69, 9.17) is 15.2 Å². The summed E-state index contributed by atoms with van der Waals surface area (Å²) in [7, 11) is 0. The Hall–Kier alpha value is -1.62. The maximum atomic E-state index is 13.5. The summed E-state index contributed by atoms with van der Waals surface area (Å²) in [6.07, 6.45) is -0.803. The molecule has 5 heteroatoms. The van der Waals surface area contributed by atoms with Gasteiger partial charge in [-0.3, -0.25) is 0 Å². The van der Waals surface area contributed by atoms with Gasteiger partial charge >= 0.3 is 5.97 Å². The Morgan fingerprint density at radius 3 is 2.53 bits per heavy atom. The third-order valence-corrected chi connectivity index (χ3v) is 2.30. The lowest BCUT2D eigenvalue weighted by molar-refractivity contribution is -0.162. The first-order valence-corrected chi connectivity index (χ1v) is 6.11. The van der Waals surface area contributed by atoms with Crippen LogP contribution in [0.1, 0.15) is 33.3 Å². The molecule has 0 aliphatic heterocycles. The van der Waals surface area contributed by atoms with Gasteiger partial charge in [0.1, 0.15) is 17.2 Å². The van der Waals surface area contributed by atoms with Gasteiger partial charge in [0.05, 0.1) is 0 Å². The summed E-state index contributed by atoms with van der Waals surface area (Å²) in [6, 6.07) is 4.32. The SMILES string of the molecule is CC(Oc1ccc(CN)c(F)c1)C(=O)OC(C)(C)C. The van der Waals surface area contributed by atoms with Crippen molar-refractivity contribution >= 4 is 5.97 Å². The largest absolute Gasteiger partial charge is 0.479 e. The molecule has 106 valence electrons. The number of ether oxygens (including phenoxy) is 2. The number of carbonyl (C=O) groups is 1. The van der Waals surface area contributed by atoms with Crippen LogP contribution in [0.15, 0.2) is 18.2 Å². The van der Waals surface area contributed by atoms with E-state index in [1.54, 1.807) is 33.8 Å². The van der Waals surface area contributed by atoms with E-state index in [1.165, 1.54) is 12.1 Å². The molecule has 19 heavy (non-hydrogen) atoms. The summed E-state index contributed by atoms with van der Waals surface area (Å²) in [5.74, 6) is -0.666. The Labute approximate surface area is 112 Å². The monoisotopic (exact) mass is 269 g/mol. The van der Waals surface area contributed by atoms with Gasteiger partial charge in [-0.1, -0.05) is 6.07 Å². The predicted octanol–water partition coefficient (Wildman–Crippen LogP) is 2.39. The van der Waals surface area contributed by atoms with Crippen molar-refractivity contribution in [2.24, 2.45) is 5.73 Å². The molecule has 1 aromatic carbocycles. The molecule has 0 radical (unpaired) electrons. The van der Waals surface area contributed by atoms with E-state index < -0.39 is 23.5 Å². The Morgan fingerprint density at radius 1 is 1.42 bits per heavy atom. The number of rotatable bonds is 4. The van der Waals surface area contributed by atoms with Gasteiger partial charge in [-0.15, -0.1) is 0 Å². The first kappa shape index (κ1) is 15.4. The van der Waals surface area contributed by atoms with Gasteiger partial charge in [0, 0.05) is 18.2 Å². The lowest BCUT2D eigenvalue weighted by Crippen LogP contribution is -2.33. The molecule has 0 aromatic heterocycles. The van der Waals surface area contributed by atoms with E-state index in [9.17, 15) is 9.18 Å². The van der Waals surface area contributed by atoms with Crippen molar-refractivity contribution in [3.8, 4) is 5.75 Å². The molecule has 1 rings (SSSR count). The van der Waals surface area contributed by atoms with Crippen LogP contribution in [0.4, 0.5) is 4.39 Å². The first-order valence-electron chi connectivity index (χ1n) is 6.11. The number of halogens is 1. The van der Waals surface area contributed by atoms with Crippen molar-refractivity contribution in [1.29, 1.82) is 0 Å². The van der Waals surface area contributed by atoms with E-state index in [0.29, 0.717) is 5.56 Å². The van der Waals surface area contributed by atoms with Crippen LogP contribution in [-0.4, -0.2) is 17.7 Å². The molecule has 0 aliphatic carbocycles. The fraction of sp³-hybridized carbons (Fsp3) is 0.500. The Morgan fingerprint density at radius 2 is 2.05 bits per heavy atom. The Balaban J connectivity index is 2.69. The number of esters is 1. The van der Waals surface area contributed by atoms with Crippen molar-refractivity contribution in [3.05, 3.63) is 29.6 Å². The van der Waals surface area contributed by atoms with Crippen molar-refractivity contribution in [1.82, 2.24) is 0 Å². The van der Waals surface area contributed by atoms with Gasteiger partial charge in [0.15, 0.2) is 6.10 Å². The lowest BCUT2D eigenvalue weighted by atomic mass is 10.2. The average molecular weight is 269 g/mol. The zero-order valence-electron chi connectivity index (χ0n) is 11.7. The third kappa shape index (κ3) is 4.87. The number of hydrogen-bond acceptors (Lipinski definition) is 4. The standard InChI is InChI=1S/C14H20FNO3/c1-9(13(17)19-14(2,3)4)18-11-6-5-10(8-16)12(15)7-11/h5-7,9H,8,16H2,1-4H3. The van der Waals surface area contributed by atoms with Crippen LogP contribution in [0.2, 0.25) is 0 Å². The molecule has 0 bridgehead atoms. The molecule has 1 aromatic rings. The van der Waals surface area contributed by atoms with Crippen molar-refractivity contribution in [2.75, 3.05) is 0 Å². The second-order valence-corrected chi connectivity index (χ2v) is 5.25. The van der Waals surface area contributed by atoms with Gasteiger partial charge in [-0.05, 0) is 33.8 Å². The van der Waals surface area contributed by atoms with Crippen LogP contribution >= 0.6 is 0 Å². The smallest absolute Gasteiger partial charge is 0.347 e. The highest BCUT2D eigenvalue weighted by Gasteiger charge is 2.23. The molecule has 0 fully saturated rings. The molecule has 0 saturated heterocycles. The molecular formula is C14H20FNO3. The quantitative estimate of drug-likeness (QED) is 0.853. The van der Waals surface area contributed by atoms with Gasteiger partial charge in [-0.25, -0.2) is 9.18 Å². The second-order valence-electron chi connectivity index (χ2n) is 5.25. The highest BCUT2D eigenvalue weighted by Crippen LogP contribution is 2.18. The molecule has 2 N–H and O–H groups in total. The van der Waals surface area contributed by atoms with Crippen molar-refractivity contribution in [3.63, 3.8) is 0 Å². The predicted molar refractivity (Wildman–Crippen MR) is 70.2 cm³/mol. The van der Waals surface area contributed by atoms with Crippen LogP contribution in [0.5, 0.6) is 5.75 Å². The molecule has 0 spiro atoms. The van der Waals surface area contributed by atoms with Gasteiger partial charge in [-0.2, -0.15) is 0 Å². The fourth-order valence-electron chi connectivity index (χ4n) is 1.40. The minimum absolute atomic E-state index is 0.119. The number of hydrogen-bond donors (Lipinski definition) is 1. The van der Waals surface area contributed by atoms with Gasteiger partial charge < -0.3 is 15.2 Å². The van der Waals surface area contributed by atoms with E-state index in [-0.39, 0.29) is 12.3 Å². The maximum Gasteiger partial charge on any atom is 0.347 e. The number of benzene rings is 1. The third-order valence-electron chi connectivity index (χ3n) is 2.30. The summed E-state index contributed by atoms with van der Waals surface area (Å²) >= 11 is 0. The normalized spacial score (nSPS) is 12.9. The molecule has 0 heterocycles. The highest BCUT2D eigenvalue weighted by molar-refractivity contribution is 5.75. The van der Waals surface area contributed by atoms with E-state index in [0.717, 1.165) is 0 Å². The molecule has 1 atom stereocenters. The Kier molecular flexibility index (Phi) is 4.89. The van der Waals surface area contributed by atoms with E-state index in [1.807, 2.05) is 0 Å². The van der Waals surface area contributed by atoms with Crippen molar-refractivity contribution < 1.29 is 18.7 Å². The summed E-state index contributed by atoms with van der Waals surface area (Å²) in [5.41, 5.74) is 5.18. The second kappa shape index (κ2) is 6.02. The minimum Gasteiger partial charge on any atom is -0.479 e. The van der Waals surface area contributed by atoms with Crippen LogP contribution in [-0.2, 0) is 16.1 Å². The summed E-state index contributed by atoms with van der Waals surface area (Å²) < 4.78 is 24.0. The summed E-state index contributed by atoms with van der Waals surface area (Å²) in [4.78, 5) is 11.7. The molecule has 0 aliphatic rings. The van der Waals surface area contributed by atoms with Gasteiger partial charge in [0.2, 0.25) is 0 Å². The molecule has 4 nitrogen and oxygen atoms in total. The molecule has 1 unspecified atom stereocenters. The van der Waals surface area contributed by atoms with Crippen LogP contribution in [0.3, 0.4) is 0 Å². The minimum atomic E-state index is -0.803. The van der Waals surface area contributed by atoms with Crippen LogP contribution in [0, 0.1) is 5.82 Å². The lowest BCUT2D eigenvalue weighted by Gasteiger charge is -2.22. The first-order chi connectivity index (χ1) is 8.73. The van der Waals surface area contributed by atoms with Crippen molar-refractivity contribution in [2.45, 2.75) is 45.9 Å². The Bertz CT molecular complexity index is 454. The number of nitrogens with two attached hydrogens (primary N) is 1. The summed E-state index contributed by atoms with van der Waals surface area (Å²) in [5, 5.41) is 0. The zero-order valence-corrected chi connectivity index (χ0v) is 11.7. The highest BCUT2D eigenvalue weighted by atomic mass is 19.1. The maximum absolute atomic E-state index is 13.5. The van der Waals surface area contributed by atoms with E-state index in [2.05, 4.69) is 0 Å². The topological polar surface area (TPSA) is 61.5 Å². The molecule has 0 saturated carbocycles. The van der Waals surface area contributed by atoms with Gasteiger partial charge in [0.25, 0.3) is 0 Å². The number of carbonyl (C=O) groups excluding carboxylic acids is 1. The fourth-order valence-corrected chi connectivity index (χ4v) is 1.40. The zero-order chi connectivity index (χ0) is 14.6. The average Bonchev–Trinajstić information content (AvgIpc) is 2.27. The van der Waals surface area contributed by atoms with E-state index >= 15 is 0 Å². The van der Waals surface area contributed by atoms with Crippen LogP contribution < -0.4 is 10.5 Å². The van der Waals surface area contributed by atoms with Crippen LogP contribution in [0.25, 0.3) is 0 Å². The molecular weight excluding hydrogens is 249 g/mol.